The second kappa shape index (κ2) is 6.85. The van der Waals surface area contributed by atoms with Gasteiger partial charge in [-0.25, -0.2) is 4.39 Å². The summed E-state index contributed by atoms with van der Waals surface area (Å²) < 4.78 is 13.4. The minimum absolute atomic E-state index is 0.153. The van der Waals surface area contributed by atoms with Crippen LogP contribution in [0, 0.1) is 21.8 Å². The van der Waals surface area contributed by atoms with E-state index in [1.165, 1.54) is 12.1 Å². The number of nitro groups is 1. The first-order valence-corrected chi connectivity index (χ1v) is 7.43. The van der Waals surface area contributed by atoms with Gasteiger partial charge in [-0.3, -0.25) is 10.1 Å². The molecule has 1 saturated heterocycles. The van der Waals surface area contributed by atoms with E-state index in [4.69, 9.17) is 0 Å². The van der Waals surface area contributed by atoms with Gasteiger partial charge in [0.15, 0.2) is 0 Å². The van der Waals surface area contributed by atoms with Crippen molar-refractivity contribution in [2.24, 2.45) is 5.92 Å². The number of hydrogen-bond acceptors (Lipinski definition) is 4. The first-order valence-electron chi connectivity index (χ1n) is 7.43. The first kappa shape index (κ1) is 15.7. The number of nitrogens with one attached hydrogen (secondary N) is 1. The largest absolute Gasteiger partial charge is 0.382 e. The van der Waals surface area contributed by atoms with E-state index in [9.17, 15) is 14.5 Å². The van der Waals surface area contributed by atoms with Crippen molar-refractivity contribution in [3.63, 3.8) is 0 Å². The summed E-state index contributed by atoms with van der Waals surface area (Å²) in [5.41, 5.74) is 0.256. The normalized spacial score (nSPS) is 21.0. The van der Waals surface area contributed by atoms with Gasteiger partial charge in [0.25, 0.3) is 5.69 Å². The standard InChI is InChI=1S/C15H22FN3O2/c1-3-18-6-4-5-12(10-18)11(2)17-14-7-13(16)8-15(9-14)19(20)21/h7-9,11-12,17H,3-6,10H2,1-2H3. The maximum atomic E-state index is 13.4. The van der Waals surface area contributed by atoms with Crippen LogP contribution in [-0.4, -0.2) is 35.5 Å². The predicted octanol–water partition coefficient (Wildman–Crippen LogP) is 3.27. The number of nitro benzene ring substituents is 1. The maximum Gasteiger partial charge on any atom is 0.274 e. The Kier molecular flexibility index (Phi) is 5.12. The molecule has 2 rings (SSSR count). The Labute approximate surface area is 124 Å². The SMILES string of the molecule is CCN1CCCC(C(C)Nc2cc(F)cc([N+](=O)[O-])c2)C1. The van der Waals surface area contributed by atoms with Crippen LogP contribution in [0.5, 0.6) is 0 Å². The number of anilines is 1. The van der Waals surface area contributed by atoms with Gasteiger partial charge in [0.05, 0.1) is 11.0 Å². The van der Waals surface area contributed by atoms with E-state index in [1.807, 2.05) is 0 Å². The predicted molar refractivity (Wildman–Crippen MR) is 81.0 cm³/mol. The molecule has 21 heavy (non-hydrogen) atoms. The number of nitrogens with zero attached hydrogens (tertiary/aromatic N) is 2. The van der Waals surface area contributed by atoms with Gasteiger partial charge in [0, 0.05) is 24.3 Å². The Balaban J connectivity index is 2.05. The Morgan fingerprint density at radius 3 is 2.95 bits per heavy atom. The van der Waals surface area contributed by atoms with E-state index in [1.54, 1.807) is 0 Å². The molecule has 1 aromatic rings. The van der Waals surface area contributed by atoms with Gasteiger partial charge < -0.3 is 10.2 Å². The molecular weight excluding hydrogens is 273 g/mol. The third-order valence-electron chi connectivity index (χ3n) is 4.18. The van der Waals surface area contributed by atoms with Crippen LogP contribution in [0.4, 0.5) is 15.8 Å². The zero-order chi connectivity index (χ0) is 15.4. The summed E-state index contributed by atoms with van der Waals surface area (Å²) >= 11 is 0. The zero-order valence-corrected chi connectivity index (χ0v) is 12.5. The van der Waals surface area contributed by atoms with Crippen LogP contribution in [-0.2, 0) is 0 Å². The summed E-state index contributed by atoms with van der Waals surface area (Å²) in [4.78, 5) is 12.6. The highest BCUT2D eigenvalue weighted by Crippen LogP contribution is 2.25. The summed E-state index contributed by atoms with van der Waals surface area (Å²) in [6, 6.07) is 3.79. The number of hydrogen-bond donors (Lipinski definition) is 1. The number of piperidine rings is 1. The minimum atomic E-state index is -0.585. The van der Waals surface area contributed by atoms with Crippen LogP contribution < -0.4 is 5.32 Å². The van der Waals surface area contributed by atoms with Gasteiger partial charge in [-0.1, -0.05) is 6.92 Å². The topological polar surface area (TPSA) is 58.4 Å². The summed E-state index contributed by atoms with van der Waals surface area (Å²) in [5.74, 6) is -0.112. The Morgan fingerprint density at radius 2 is 2.29 bits per heavy atom. The van der Waals surface area contributed by atoms with Crippen molar-refractivity contribution in [2.75, 3.05) is 25.0 Å². The van der Waals surface area contributed by atoms with Gasteiger partial charge in [-0.15, -0.1) is 0 Å². The van der Waals surface area contributed by atoms with Crippen molar-refractivity contribution < 1.29 is 9.31 Å². The second-order valence-electron chi connectivity index (χ2n) is 5.68. The number of non-ortho nitro benzene ring substituents is 1. The van der Waals surface area contributed by atoms with Crippen LogP contribution in [0.2, 0.25) is 0 Å². The lowest BCUT2D eigenvalue weighted by molar-refractivity contribution is -0.385. The molecule has 0 saturated carbocycles. The quantitative estimate of drug-likeness (QED) is 0.669. The molecule has 0 amide bonds. The fourth-order valence-corrected chi connectivity index (χ4v) is 2.93. The van der Waals surface area contributed by atoms with Gasteiger partial charge in [-0.2, -0.15) is 0 Å². The lowest BCUT2D eigenvalue weighted by Gasteiger charge is -2.35. The lowest BCUT2D eigenvalue weighted by atomic mass is 9.91. The highest BCUT2D eigenvalue weighted by Gasteiger charge is 2.24. The van der Waals surface area contributed by atoms with Crippen molar-refractivity contribution >= 4 is 11.4 Å². The molecule has 1 aliphatic heterocycles. The highest BCUT2D eigenvalue weighted by molar-refractivity contribution is 5.52. The summed E-state index contributed by atoms with van der Waals surface area (Å²) in [6.45, 7) is 7.39. The van der Waals surface area contributed by atoms with Gasteiger partial charge in [0.2, 0.25) is 0 Å². The molecule has 1 heterocycles. The molecule has 116 valence electrons. The molecule has 2 unspecified atom stereocenters. The fourth-order valence-electron chi connectivity index (χ4n) is 2.93. The molecule has 0 radical (unpaired) electrons. The molecule has 1 N–H and O–H groups in total. The highest BCUT2D eigenvalue weighted by atomic mass is 19.1. The van der Waals surface area contributed by atoms with Crippen molar-refractivity contribution in [2.45, 2.75) is 32.7 Å². The van der Waals surface area contributed by atoms with Crippen molar-refractivity contribution in [3.8, 4) is 0 Å². The molecule has 1 aromatic carbocycles. The molecule has 2 atom stereocenters. The molecule has 1 aliphatic rings. The van der Waals surface area contributed by atoms with Crippen LogP contribution in [0.1, 0.15) is 26.7 Å². The summed E-state index contributed by atoms with van der Waals surface area (Å²) in [5, 5.41) is 14.0. The van der Waals surface area contributed by atoms with E-state index in [2.05, 4.69) is 24.1 Å². The van der Waals surface area contributed by atoms with Crippen LogP contribution >= 0.6 is 0 Å². The van der Waals surface area contributed by atoms with Crippen LogP contribution in [0.25, 0.3) is 0 Å². The molecule has 5 nitrogen and oxygen atoms in total. The van der Waals surface area contributed by atoms with E-state index in [0.717, 1.165) is 38.5 Å². The lowest BCUT2D eigenvalue weighted by Crippen LogP contribution is -2.41. The van der Waals surface area contributed by atoms with Crippen LogP contribution in [0.3, 0.4) is 0 Å². The van der Waals surface area contributed by atoms with Gasteiger partial charge in [-0.05, 0) is 44.8 Å². The summed E-state index contributed by atoms with van der Waals surface area (Å²) in [7, 11) is 0. The third kappa shape index (κ3) is 4.14. The molecule has 0 bridgehead atoms. The number of rotatable bonds is 5. The number of halogens is 1. The minimum Gasteiger partial charge on any atom is -0.382 e. The average Bonchev–Trinajstić information content (AvgIpc) is 2.46. The first-order chi connectivity index (χ1) is 9.99. The van der Waals surface area contributed by atoms with E-state index < -0.39 is 10.7 Å². The molecule has 0 aromatic heterocycles. The molecule has 6 heteroatoms. The van der Waals surface area contributed by atoms with Gasteiger partial charge in [0.1, 0.15) is 5.82 Å². The monoisotopic (exact) mass is 295 g/mol. The Morgan fingerprint density at radius 1 is 1.52 bits per heavy atom. The second-order valence-corrected chi connectivity index (χ2v) is 5.68. The van der Waals surface area contributed by atoms with Crippen molar-refractivity contribution in [1.82, 2.24) is 4.90 Å². The Bertz CT molecular complexity index is 510. The maximum absolute atomic E-state index is 13.4. The van der Waals surface area contributed by atoms with Crippen molar-refractivity contribution in [3.05, 3.63) is 34.1 Å². The molecule has 0 spiro atoms. The zero-order valence-electron chi connectivity index (χ0n) is 12.5. The fraction of sp³-hybridized carbons (Fsp3) is 0.600. The molecular formula is C15H22FN3O2. The average molecular weight is 295 g/mol. The van der Waals surface area contributed by atoms with E-state index in [-0.39, 0.29) is 11.7 Å². The van der Waals surface area contributed by atoms with Crippen LogP contribution in [0.15, 0.2) is 18.2 Å². The smallest absolute Gasteiger partial charge is 0.274 e. The van der Waals surface area contributed by atoms with E-state index in [0.29, 0.717) is 11.6 Å². The number of likely N-dealkylation sites (tertiary alicyclic amines) is 1. The third-order valence-corrected chi connectivity index (χ3v) is 4.18. The van der Waals surface area contributed by atoms with Crippen molar-refractivity contribution in [1.29, 1.82) is 0 Å². The van der Waals surface area contributed by atoms with Gasteiger partial charge >= 0.3 is 0 Å². The molecule has 0 aliphatic carbocycles. The van der Waals surface area contributed by atoms with E-state index >= 15 is 0 Å². The summed E-state index contributed by atoms with van der Waals surface area (Å²) in [6.07, 6.45) is 2.29. The number of benzene rings is 1. The molecule has 1 fully saturated rings. The Hall–Kier alpha value is -1.69.